The number of halogens is 3. The second-order valence-corrected chi connectivity index (χ2v) is 6.94. The van der Waals surface area contributed by atoms with Crippen LogP contribution in [-0.4, -0.2) is 34.0 Å². The number of thiazole rings is 1. The quantitative estimate of drug-likeness (QED) is 0.622. The molecule has 142 valence electrons. The van der Waals surface area contributed by atoms with Gasteiger partial charge >= 0.3 is 6.18 Å². The fourth-order valence-corrected chi connectivity index (χ4v) is 3.60. The van der Waals surface area contributed by atoms with Crippen molar-refractivity contribution in [2.45, 2.75) is 12.7 Å². The number of anilines is 1. The Kier molecular flexibility index (Phi) is 4.63. The van der Waals surface area contributed by atoms with Gasteiger partial charge in [-0.1, -0.05) is 29.5 Å². The molecule has 0 N–H and O–H groups in total. The number of rotatable bonds is 4. The van der Waals surface area contributed by atoms with Gasteiger partial charge in [0.2, 0.25) is 5.13 Å². The van der Waals surface area contributed by atoms with Crippen LogP contribution in [0.3, 0.4) is 0 Å². The summed E-state index contributed by atoms with van der Waals surface area (Å²) in [6, 6.07) is 10.5. The summed E-state index contributed by atoms with van der Waals surface area (Å²) in [5, 5.41) is 4.34. The molecule has 0 saturated carbocycles. The molecular weight excluding hydrogens is 391 g/mol. The normalized spacial score (nSPS) is 17.7. The summed E-state index contributed by atoms with van der Waals surface area (Å²) in [4.78, 5) is 24.8. The number of hydrogen-bond donors (Lipinski definition) is 0. The van der Waals surface area contributed by atoms with Crippen molar-refractivity contribution in [1.82, 2.24) is 9.97 Å². The van der Waals surface area contributed by atoms with Crippen molar-refractivity contribution in [1.29, 1.82) is 0 Å². The van der Waals surface area contributed by atoms with Crippen LogP contribution >= 0.6 is 11.3 Å². The summed E-state index contributed by atoms with van der Waals surface area (Å²) < 4.78 is 41.0. The number of amides is 1. The minimum absolute atomic E-state index is 0.0936. The lowest BCUT2D eigenvalue weighted by atomic mass is 10.0. The number of benzene rings is 1. The van der Waals surface area contributed by atoms with Crippen LogP contribution in [0.1, 0.15) is 5.56 Å². The van der Waals surface area contributed by atoms with E-state index in [0.717, 1.165) is 27.8 Å². The van der Waals surface area contributed by atoms with E-state index in [1.807, 2.05) is 0 Å². The fourth-order valence-electron chi connectivity index (χ4n) is 2.68. The van der Waals surface area contributed by atoms with Crippen LogP contribution in [0.4, 0.5) is 18.3 Å². The number of pyridine rings is 1. The summed E-state index contributed by atoms with van der Waals surface area (Å²) in [5.74, 6) is -2.44. The number of aliphatic imine (C=N–C) groups is 1. The molecule has 0 fully saturated rings. The van der Waals surface area contributed by atoms with E-state index in [-0.39, 0.29) is 11.7 Å². The Labute approximate surface area is 161 Å². The standard InChI is InChI=1S/C18H12F3N5OS/c19-18(20,21)15-12(10-23-9-11-4-3-7-22-8-11)16(27)26(25-15)17-24-13-5-1-2-6-14(13)28-17/h1-8,10,12H,9H2. The first-order valence-electron chi connectivity index (χ1n) is 8.17. The van der Waals surface area contributed by atoms with Gasteiger partial charge in [0.15, 0.2) is 5.71 Å². The average molecular weight is 403 g/mol. The van der Waals surface area contributed by atoms with Gasteiger partial charge in [-0.2, -0.15) is 23.3 Å². The Hall–Kier alpha value is -3.14. The van der Waals surface area contributed by atoms with E-state index in [9.17, 15) is 18.0 Å². The minimum Gasteiger partial charge on any atom is -0.291 e. The third-order valence-corrected chi connectivity index (χ3v) is 4.99. The summed E-state index contributed by atoms with van der Waals surface area (Å²) in [7, 11) is 0. The molecule has 1 amide bonds. The number of fused-ring (bicyclic) bond motifs is 1. The van der Waals surface area contributed by atoms with Crippen molar-refractivity contribution in [3.05, 3.63) is 54.4 Å². The van der Waals surface area contributed by atoms with Crippen molar-refractivity contribution in [3.63, 3.8) is 0 Å². The maximum Gasteiger partial charge on any atom is 0.432 e. The Morgan fingerprint density at radius 1 is 1.21 bits per heavy atom. The number of alkyl halides is 3. The molecule has 1 unspecified atom stereocenters. The number of nitrogens with zero attached hydrogens (tertiary/aromatic N) is 5. The van der Waals surface area contributed by atoms with Crippen LogP contribution in [0.5, 0.6) is 0 Å². The summed E-state index contributed by atoms with van der Waals surface area (Å²) in [6.45, 7) is 0.115. The van der Waals surface area contributed by atoms with Gasteiger partial charge in [0, 0.05) is 18.6 Å². The molecule has 0 radical (unpaired) electrons. The van der Waals surface area contributed by atoms with Crippen LogP contribution in [-0.2, 0) is 11.3 Å². The molecule has 1 aliphatic heterocycles. The molecule has 3 aromatic rings. The lowest BCUT2D eigenvalue weighted by Gasteiger charge is -2.09. The molecule has 6 nitrogen and oxygen atoms in total. The van der Waals surface area contributed by atoms with Gasteiger partial charge in [0.1, 0.15) is 5.92 Å². The molecule has 2 aromatic heterocycles. The van der Waals surface area contributed by atoms with E-state index in [0.29, 0.717) is 10.5 Å². The first kappa shape index (κ1) is 18.2. The predicted octanol–water partition coefficient (Wildman–Crippen LogP) is 3.84. The van der Waals surface area contributed by atoms with Gasteiger partial charge in [0.25, 0.3) is 5.91 Å². The Bertz CT molecular complexity index is 1040. The third kappa shape index (κ3) is 3.50. The van der Waals surface area contributed by atoms with E-state index in [1.165, 1.54) is 0 Å². The van der Waals surface area contributed by atoms with E-state index in [1.54, 1.807) is 48.8 Å². The first-order valence-corrected chi connectivity index (χ1v) is 8.99. The van der Waals surface area contributed by atoms with Gasteiger partial charge < -0.3 is 0 Å². The van der Waals surface area contributed by atoms with Crippen molar-refractivity contribution in [2.24, 2.45) is 16.0 Å². The highest BCUT2D eigenvalue weighted by molar-refractivity contribution is 7.22. The predicted molar refractivity (Wildman–Crippen MR) is 101 cm³/mol. The van der Waals surface area contributed by atoms with Gasteiger partial charge in [-0.15, -0.1) is 0 Å². The topological polar surface area (TPSA) is 70.8 Å². The number of aromatic nitrogens is 2. The Balaban J connectivity index is 1.63. The van der Waals surface area contributed by atoms with Gasteiger partial charge in [-0.3, -0.25) is 14.8 Å². The van der Waals surface area contributed by atoms with Gasteiger partial charge in [-0.25, -0.2) is 4.98 Å². The number of hydrazone groups is 1. The zero-order chi connectivity index (χ0) is 19.7. The molecule has 1 atom stereocenters. The smallest absolute Gasteiger partial charge is 0.291 e. The lowest BCUT2D eigenvalue weighted by molar-refractivity contribution is -0.119. The maximum absolute atomic E-state index is 13.4. The molecule has 28 heavy (non-hydrogen) atoms. The molecule has 3 heterocycles. The molecule has 4 rings (SSSR count). The highest BCUT2D eigenvalue weighted by Gasteiger charge is 2.50. The molecule has 0 bridgehead atoms. The van der Waals surface area contributed by atoms with Gasteiger partial charge in [-0.05, 0) is 23.8 Å². The third-order valence-electron chi connectivity index (χ3n) is 3.98. The largest absolute Gasteiger partial charge is 0.432 e. The second-order valence-electron chi connectivity index (χ2n) is 5.93. The van der Waals surface area contributed by atoms with Crippen LogP contribution in [0.2, 0.25) is 0 Å². The number of hydrogen-bond acceptors (Lipinski definition) is 6. The molecular formula is C18H12F3N5OS. The van der Waals surface area contributed by atoms with Crippen LogP contribution in [0, 0.1) is 5.92 Å². The van der Waals surface area contributed by atoms with Crippen LogP contribution in [0.25, 0.3) is 10.2 Å². The summed E-state index contributed by atoms with van der Waals surface area (Å²) >= 11 is 1.10. The van der Waals surface area contributed by atoms with Crippen molar-refractivity contribution in [3.8, 4) is 0 Å². The second kappa shape index (κ2) is 7.12. The average Bonchev–Trinajstić information content (AvgIpc) is 3.24. The maximum atomic E-state index is 13.4. The fraction of sp³-hybridized carbons (Fsp3) is 0.167. The zero-order valence-corrected chi connectivity index (χ0v) is 15.0. The van der Waals surface area contributed by atoms with E-state index in [4.69, 9.17) is 0 Å². The number of carbonyl (C=O) groups excluding carboxylic acids is 1. The van der Waals surface area contributed by atoms with E-state index >= 15 is 0 Å². The highest BCUT2D eigenvalue weighted by Crippen LogP contribution is 2.35. The van der Waals surface area contributed by atoms with Gasteiger partial charge in [0.05, 0.1) is 16.8 Å². The summed E-state index contributed by atoms with van der Waals surface area (Å²) in [5.41, 5.74) is 0.108. The first-order chi connectivity index (χ1) is 13.4. The molecule has 0 saturated heterocycles. The Morgan fingerprint density at radius 3 is 2.75 bits per heavy atom. The molecule has 0 aliphatic carbocycles. The minimum atomic E-state index is -4.76. The lowest BCUT2D eigenvalue weighted by Crippen LogP contribution is -2.34. The van der Waals surface area contributed by atoms with Crippen LogP contribution in [0.15, 0.2) is 58.9 Å². The molecule has 10 heteroatoms. The molecule has 1 aromatic carbocycles. The zero-order valence-electron chi connectivity index (χ0n) is 14.2. The molecule has 1 aliphatic rings. The van der Waals surface area contributed by atoms with E-state index in [2.05, 4.69) is 20.1 Å². The highest BCUT2D eigenvalue weighted by atomic mass is 32.1. The summed E-state index contributed by atoms with van der Waals surface area (Å²) in [6.07, 6.45) is -0.626. The van der Waals surface area contributed by atoms with Crippen LogP contribution < -0.4 is 5.01 Å². The van der Waals surface area contributed by atoms with E-state index < -0.39 is 23.7 Å². The Morgan fingerprint density at radius 2 is 2.04 bits per heavy atom. The van der Waals surface area contributed by atoms with Crippen molar-refractivity contribution >= 4 is 44.5 Å². The SMILES string of the molecule is O=C1C(C=NCc2cccnc2)C(C(F)(F)F)=NN1c1nc2ccccc2s1. The van der Waals surface area contributed by atoms with Crippen molar-refractivity contribution < 1.29 is 18.0 Å². The number of para-hydroxylation sites is 1. The monoisotopic (exact) mass is 403 g/mol. The number of carbonyl (C=O) groups is 1. The molecule has 0 spiro atoms. The van der Waals surface area contributed by atoms with Crippen molar-refractivity contribution in [2.75, 3.05) is 5.01 Å².